The first-order chi connectivity index (χ1) is 4.75. The number of anilines is 2. The van der Waals surface area contributed by atoms with E-state index in [1.807, 2.05) is 14.0 Å². The highest BCUT2D eigenvalue weighted by Gasteiger charge is 2.01. The molecule has 5 nitrogen and oxygen atoms in total. The summed E-state index contributed by atoms with van der Waals surface area (Å²) < 4.78 is 1.70. The molecule has 0 saturated heterocycles. The largest absolute Gasteiger partial charge is 0.368 e. The van der Waals surface area contributed by atoms with Crippen molar-refractivity contribution in [3.63, 3.8) is 0 Å². The lowest BCUT2D eigenvalue weighted by atomic mass is 10.7. The Bertz CT molecular complexity index is 216. The van der Waals surface area contributed by atoms with Crippen LogP contribution in [0.2, 0.25) is 0 Å². The van der Waals surface area contributed by atoms with Gasteiger partial charge in [-0.3, -0.25) is 4.57 Å². The Morgan fingerprint density at radius 1 is 1.60 bits per heavy atom. The van der Waals surface area contributed by atoms with E-state index in [1.54, 1.807) is 4.57 Å². The van der Waals surface area contributed by atoms with Crippen molar-refractivity contribution < 1.29 is 0 Å². The van der Waals surface area contributed by atoms with E-state index in [0.29, 0.717) is 11.9 Å². The summed E-state index contributed by atoms with van der Waals surface area (Å²) in [5.41, 5.74) is 5.42. The second-order valence-electron chi connectivity index (χ2n) is 1.97. The van der Waals surface area contributed by atoms with Crippen molar-refractivity contribution in [1.82, 2.24) is 14.8 Å². The van der Waals surface area contributed by atoms with Crippen LogP contribution in [0.3, 0.4) is 0 Å². The van der Waals surface area contributed by atoms with E-state index in [1.165, 1.54) is 0 Å². The second-order valence-corrected chi connectivity index (χ2v) is 1.97. The Morgan fingerprint density at radius 2 is 2.30 bits per heavy atom. The van der Waals surface area contributed by atoms with Crippen molar-refractivity contribution >= 4 is 11.9 Å². The molecule has 10 heavy (non-hydrogen) atoms. The molecular formula is C5H11N5. The van der Waals surface area contributed by atoms with Gasteiger partial charge in [0, 0.05) is 13.6 Å². The average Bonchev–Trinajstić information content (AvgIpc) is 2.20. The quantitative estimate of drug-likeness (QED) is 0.600. The minimum absolute atomic E-state index is 0.427. The van der Waals surface area contributed by atoms with Gasteiger partial charge in [-0.05, 0) is 6.92 Å². The van der Waals surface area contributed by atoms with E-state index < -0.39 is 0 Å². The maximum Gasteiger partial charge on any atom is 0.225 e. The highest BCUT2D eigenvalue weighted by molar-refractivity contribution is 5.32. The lowest BCUT2D eigenvalue weighted by Crippen LogP contribution is -2.05. The van der Waals surface area contributed by atoms with Crippen LogP contribution >= 0.6 is 0 Å². The van der Waals surface area contributed by atoms with Crippen LogP contribution in [0.5, 0.6) is 0 Å². The second kappa shape index (κ2) is 2.55. The fraction of sp³-hybridized carbons (Fsp3) is 0.600. The molecule has 0 amide bonds. The van der Waals surface area contributed by atoms with Gasteiger partial charge in [-0.1, -0.05) is 0 Å². The molecule has 1 aromatic rings. The Balaban J connectivity index is 2.83. The number of hydrogen-bond acceptors (Lipinski definition) is 4. The van der Waals surface area contributed by atoms with Crippen LogP contribution in [0.1, 0.15) is 6.92 Å². The minimum atomic E-state index is 0.427. The maximum atomic E-state index is 5.42. The van der Waals surface area contributed by atoms with Crippen LogP contribution < -0.4 is 11.1 Å². The summed E-state index contributed by atoms with van der Waals surface area (Å²) in [4.78, 5) is 0. The molecule has 0 aliphatic carbocycles. The standard InChI is InChI=1S/C5H11N5/c1-3-7-5-9-8-4(6)10(5)2/h3H2,1-2H3,(H2,6,8)(H,7,9). The summed E-state index contributed by atoms with van der Waals surface area (Å²) in [5, 5.41) is 10.5. The van der Waals surface area contributed by atoms with E-state index in [9.17, 15) is 0 Å². The van der Waals surface area contributed by atoms with Gasteiger partial charge in [-0.2, -0.15) is 0 Å². The monoisotopic (exact) mass is 141 g/mol. The molecule has 0 unspecified atom stereocenters. The third-order valence-corrected chi connectivity index (χ3v) is 1.24. The number of nitrogens with two attached hydrogens (primary N) is 1. The van der Waals surface area contributed by atoms with Gasteiger partial charge in [-0.15, -0.1) is 10.2 Å². The summed E-state index contributed by atoms with van der Waals surface area (Å²) in [6, 6.07) is 0. The summed E-state index contributed by atoms with van der Waals surface area (Å²) in [6.07, 6.45) is 0. The lowest BCUT2D eigenvalue weighted by molar-refractivity contribution is 0.917. The van der Waals surface area contributed by atoms with Gasteiger partial charge in [0.2, 0.25) is 11.9 Å². The van der Waals surface area contributed by atoms with Crippen LogP contribution in [0.15, 0.2) is 0 Å². The summed E-state index contributed by atoms with van der Waals surface area (Å²) in [7, 11) is 1.81. The number of nitrogen functional groups attached to an aromatic ring is 1. The molecule has 0 aromatic carbocycles. The number of aromatic nitrogens is 3. The molecule has 0 aliphatic rings. The van der Waals surface area contributed by atoms with Crippen LogP contribution in [0.4, 0.5) is 11.9 Å². The molecule has 0 bridgehead atoms. The normalized spacial score (nSPS) is 9.80. The van der Waals surface area contributed by atoms with Crippen LogP contribution in [0.25, 0.3) is 0 Å². The van der Waals surface area contributed by atoms with Gasteiger partial charge in [0.25, 0.3) is 0 Å². The topological polar surface area (TPSA) is 68.8 Å². The van der Waals surface area contributed by atoms with Crippen LogP contribution in [-0.2, 0) is 7.05 Å². The zero-order chi connectivity index (χ0) is 7.56. The Morgan fingerprint density at radius 3 is 2.70 bits per heavy atom. The molecule has 1 aromatic heterocycles. The fourth-order valence-electron chi connectivity index (χ4n) is 0.653. The van der Waals surface area contributed by atoms with E-state index in [2.05, 4.69) is 15.5 Å². The molecule has 5 heteroatoms. The third-order valence-electron chi connectivity index (χ3n) is 1.24. The molecule has 0 radical (unpaired) electrons. The zero-order valence-electron chi connectivity index (χ0n) is 6.13. The predicted octanol–water partition coefficient (Wildman–Crippen LogP) is -0.171. The first kappa shape index (κ1) is 6.85. The first-order valence-corrected chi connectivity index (χ1v) is 3.14. The lowest BCUT2D eigenvalue weighted by Gasteiger charge is -1.99. The van der Waals surface area contributed by atoms with Crippen molar-refractivity contribution in [3.05, 3.63) is 0 Å². The van der Waals surface area contributed by atoms with Crippen LogP contribution in [0, 0.1) is 0 Å². The molecule has 1 rings (SSSR count). The zero-order valence-corrected chi connectivity index (χ0v) is 6.13. The SMILES string of the molecule is CCNc1nnc(N)n1C. The molecule has 1 heterocycles. The molecule has 0 spiro atoms. The van der Waals surface area contributed by atoms with Crippen molar-refractivity contribution in [2.45, 2.75) is 6.92 Å². The average molecular weight is 141 g/mol. The summed E-state index contributed by atoms with van der Waals surface area (Å²) in [6.45, 7) is 2.82. The molecule has 0 saturated carbocycles. The molecule has 3 N–H and O–H groups in total. The van der Waals surface area contributed by atoms with Crippen molar-refractivity contribution in [3.8, 4) is 0 Å². The van der Waals surface area contributed by atoms with E-state index in [-0.39, 0.29) is 0 Å². The summed E-state index contributed by atoms with van der Waals surface area (Å²) in [5.74, 6) is 1.14. The first-order valence-electron chi connectivity index (χ1n) is 3.14. The van der Waals surface area contributed by atoms with E-state index in [4.69, 9.17) is 5.73 Å². The van der Waals surface area contributed by atoms with Crippen molar-refractivity contribution in [2.24, 2.45) is 7.05 Å². The number of nitrogens with zero attached hydrogens (tertiary/aromatic N) is 3. The molecular weight excluding hydrogens is 130 g/mol. The predicted molar refractivity (Wildman–Crippen MR) is 39.6 cm³/mol. The van der Waals surface area contributed by atoms with Gasteiger partial charge >= 0.3 is 0 Å². The molecule has 0 fully saturated rings. The van der Waals surface area contributed by atoms with Crippen molar-refractivity contribution in [1.29, 1.82) is 0 Å². The number of nitrogens with one attached hydrogen (secondary N) is 1. The van der Waals surface area contributed by atoms with Gasteiger partial charge in [-0.25, -0.2) is 0 Å². The minimum Gasteiger partial charge on any atom is -0.368 e. The molecule has 56 valence electrons. The van der Waals surface area contributed by atoms with Gasteiger partial charge < -0.3 is 11.1 Å². The van der Waals surface area contributed by atoms with Gasteiger partial charge in [0.05, 0.1) is 0 Å². The van der Waals surface area contributed by atoms with Gasteiger partial charge in [0.15, 0.2) is 0 Å². The Hall–Kier alpha value is -1.26. The maximum absolute atomic E-state index is 5.42. The molecule has 0 atom stereocenters. The summed E-state index contributed by atoms with van der Waals surface area (Å²) >= 11 is 0. The molecule has 0 aliphatic heterocycles. The fourth-order valence-corrected chi connectivity index (χ4v) is 0.653. The van der Waals surface area contributed by atoms with Crippen LogP contribution in [-0.4, -0.2) is 21.3 Å². The van der Waals surface area contributed by atoms with E-state index in [0.717, 1.165) is 6.54 Å². The highest BCUT2D eigenvalue weighted by atomic mass is 15.4. The van der Waals surface area contributed by atoms with Gasteiger partial charge in [0.1, 0.15) is 0 Å². The number of hydrogen-bond donors (Lipinski definition) is 2. The van der Waals surface area contributed by atoms with E-state index >= 15 is 0 Å². The Kier molecular flexibility index (Phi) is 1.75. The van der Waals surface area contributed by atoms with Crippen molar-refractivity contribution in [2.75, 3.05) is 17.6 Å². The smallest absolute Gasteiger partial charge is 0.225 e. The third kappa shape index (κ3) is 1.02. The Labute approximate surface area is 59.2 Å². The highest BCUT2D eigenvalue weighted by Crippen LogP contribution is 2.03. The number of rotatable bonds is 2.